The van der Waals surface area contributed by atoms with Crippen molar-refractivity contribution in [1.82, 2.24) is 15.1 Å². The molecule has 6 heteroatoms. The lowest BCUT2D eigenvalue weighted by Gasteiger charge is -2.33. The maximum absolute atomic E-state index is 12.4. The first-order chi connectivity index (χ1) is 11.4. The molecule has 0 saturated carbocycles. The summed E-state index contributed by atoms with van der Waals surface area (Å²) >= 11 is 0. The van der Waals surface area contributed by atoms with Crippen molar-refractivity contribution in [1.29, 1.82) is 0 Å². The first-order valence-corrected chi connectivity index (χ1v) is 9.35. The van der Waals surface area contributed by atoms with Crippen molar-refractivity contribution in [3.63, 3.8) is 0 Å². The molecule has 0 aromatic heterocycles. The zero-order chi connectivity index (χ0) is 17.2. The van der Waals surface area contributed by atoms with Crippen molar-refractivity contribution < 1.29 is 14.3 Å². The zero-order valence-corrected chi connectivity index (χ0v) is 15.1. The Kier molecular flexibility index (Phi) is 5.33. The monoisotopic (exact) mass is 337 g/mol. The van der Waals surface area contributed by atoms with E-state index in [2.05, 4.69) is 19.2 Å². The molecule has 6 nitrogen and oxygen atoms in total. The van der Waals surface area contributed by atoms with E-state index in [9.17, 15) is 9.59 Å². The summed E-state index contributed by atoms with van der Waals surface area (Å²) in [6.45, 7) is 9.32. The van der Waals surface area contributed by atoms with Crippen LogP contribution in [0.3, 0.4) is 0 Å². The number of amides is 3. The van der Waals surface area contributed by atoms with Crippen molar-refractivity contribution in [2.24, 2.45) is 11.3 Å². The average molecular weight is 337 g/mol. The summed E-state index contributed by atoms with van der Waals surface area (Å²) in [6.07, 6.45) is 4.75. The number of hydrogen-bond donors (Lipinski definition) is 1. The third-order valence-electron chi connectivity index (χ3n) is 5.56. The number of nitrogens with one attached hydrogen (secondary N) is 1. The number of hydrogen-bond acceptors (Lipinski definition) is 3. The van der Waals surface area contributed by atoms with Crippen molar-refractivity contribution in [2.75, 3.05) is 39.3 Å². The number of likely N-dealkylation sites (tertiary alicyclic amines) is 1. The third kappa shape index (κ3) is 4.41. The van der Waals surface area contributed by atoms with Gasteiger partial charge >= 0.3 is 6.03 Å². The Morgan fingerprint density at radius 3 is 2.62 bits per heavy atom. The number of carbonyl (C=O) groups is 2. The SMILES string of the molecule is CC1(C)COC(CCC(=O)N2CCC(CN3CCNC3=O)CC2)C1. The molecule has 3 fully saturated rings. The van der Waals surface area contributed by atoms with E-state index in [1.807, 2.05) is 9.80 Å². The summed E-state index contributed by atoms with van der Waals surface area (Å²) in [5.74, 6) is 0.789. The highest BCUT2D eigenvalue weighted by Gasteiger charge is 2.33. The van der Waals surface area contributed by atoms with Crippen LogP contribution in [0.15, 0.2) is 0 Å². The molecule has 3 aliphatic heterocycles. The van der Waals surface area contributed by atoms with E-state index < -0.39 is 0 Å². The van der Waals surface area contributed by atoms with E-state index in [0.717, 1.165) is 65.0 Å². The number of piperidine rings is 1. The molecule has 3 amide bonds. The van der Waals surface area contributed by atoms with Gasteiger partial charge < -0.3 is 19.9 Å². The first-order valence-electron chi connectivity index (χ1n) is 9.35. The molecule has 0 spiro atoms. The van der Waals surface area contributed by atoms with Crippen molar-refractivity contribution >= 4 is 11.9 Å². The van der Waals surface area contributed by atoms with Crippen LogP contribution >= 0.6 is 0 Å². The average Bonchev–Trinajstić information content (AvgIpc) is 3.11. The van der Waals surface area contributed by atoms with E-state index in [1.54, 1.807) is 0 Å². The van der Waals surface area contributed by atoms with Crippen molar-refractivity contribution in [3.05, 3.63) is 0 Å². The molecule has 3 aliphatic rings. The Bertz CT molecular complexity index is 472. The predicted octanol–water partition coefficient (Wildman–Crippen LogP) is 1.85. The summed E-state index contributed by atoms with van der Waals surface area (Å²) in [7, 11) is 0. The summed E-state index contributed by atoms with van der Waals surface area (Å²) in [5, 5.41) is 2.85. The molecule has 1 unspecified atom stereocenters. The molecule has 0 aromatic rings. The summed E-state index contributed by atoms with van der Waals surface area (Å²) in [4.78, 5) is 27.9. The maximum atomic E-state index is 12.4. The van der Waals surface area contributed by atoms with Gasteiger partial charge in [0.25, 0.3) is 0 Å². The van der Waals surface area contributed by atoms with Crippen molar-refractivity contribution in [2.45, 2.75) is 52.1 Å². The van der Waals surface area contributed by atoms with Crippen LogP contribution in [0.2, 0.25) is 0 Å². The molecule has 0 bridgehead atoms. The minimum Gasteiger partial charge on any atom is -0.378 e. The molecule has 1 N–H and O–H groups in total. The fourth-order valence-corrected chi connectivity index (χ4v) is 4.07. The Balaban J connectivity index is 1.35. The highest BCUT2D eigenvalue weighted by molar-refractivity contribution is 5.76. The van der Waals surface area contributed by atoms with Gasteiger partial charge in [0.1, 0.15) is 0 Å². The van der Waals surface area contributed by atoms with Crippen LogP contribution < -0.4 is 5.32 Å². The summed E-state index contributed by atoms with van der Waals surface area (Å²) in [5.41, 5.74) is 0.258. The molecule has 136 valence electrons. The molecule has 1 atom stereocenters. The van der Waals surface area contributed by atoms with Crippen LogP contribution in [0.1, 0.15) is 46.0 Å². The van der Waals surface area contributed by atoms with E-state index in [0.29, 0.717) is 12.3 Å². The number of carbonyl (C=O) groups excluding carboxylic acids is 2. The quantitative estimate of drug-likeness (QED) is 0.833. The smallest absolute Gasteiger partial charge is 0.317 e. The van der Waals surface area contributed by atoms with Gasteiger partial charge in [-0.1, -0.05) is 13.8 Å². The molecule has 3 saturated heterocycles. The van der Waals surface area contributed by atoms with Crippen LogP contribution in [0.25, 0.3) is 0 Å². The Labute approximate surface area is 144 Å². The van der Waals surface area contributed by atoms with Crippen LogP contribution in [0.5, 0.6) is 0 Å². The zero-order valence-electron chi connectivity index (χ0n) is 15.1. The second-order valence-corrected chi connectivity index (χ2v) is 8.34. The lowest BCUT2D eigenvalue weighted by molar-refractivity contribution is -0.133. The van der Waals surface area contributed by atoms with Crippen molar-refractivity contribution in [3.8, 4) is 0 Å². The number of nitrogens with zero attached hydrogens (tertiary/aromatic N) is 2. The van der Waals surface area contributed by atoms with Crippen LogP contribution in [0, 0.1) is 11.3 Å². The minimum atomic E-state index is 0.0630. The Morgan fingerprint density at radius 1 is 1.29 bits per heavy atom. The van der Waals surface area contributed by atoms with E-state index in [4.69, 9.17) is 4.74 Å². The van der Waals surface area contributed by atoms with Gasteiger partial charge in [0.15, 0.2) is 0 Å². The maximum Gasteiger partial charge on any atom is 0.317 e. The summed E-state index contributed by atoms with van der Waals surface area (Å²) < 4.78 is 5.79. The van der Waals surface area contributed by atoms with Gasteiger partial charge in [0, 0.05) is 39.1 Å². The molecular formula is C18H31N3O3. The topological polar surface area (TPSA) is 61.9 Å². The standard InChI is InChI=1S/C18H31N3O3/c1-18(2)11-15(24-13-18)3-4-16(22)20-8-5-14(6-9-20)12-21-10-7-19-17(21)23/h14-15H,3-13H2,1-2H3,(H,19,23). The predicted molar refractivity (Wildman–Crippen MR) is 91.6 cm³/mol. The fourth-order valence-electron chi connectivity index (χ4n) is 4.07. The van der Waals surface area contributed by atoms with Gasteiger partial charge in [0.2, 0.25) is 5.91 Å². The highest BCUT2D eigenvalue weighted by atomic mass is 16.5. The van der Waals surface area contributed by atoms with Gasteiger partial charge in [-0.25, -0.2) is 4.79 Å². The van der Waals surface area contributed by atoms with E-state index >= 15 is 0 Å². The fraction of sp³-hybridized carbons (Fsp3) is 0.889. The first kappa shape index (κ1) is 17.5. The van der Waals surface area contributed by atoms with Gasteiger partial charge in [0.05, 0.1) is 12.7 Å². The van der Waals surface area contributed by atoms with Crippen LogP contribution in [0.4, 0.5) is 4.79 Å². The van der Waals surface area contributed by atoms with Gasteiger partial charge in [-0.3, -0.25) is 4.79 Å². The number of ether oxygens (including phenoxy) is 1. The van der Waals surface area contributed by atoms with Crippen LogP contribution in [-0.2, 0) is 9.53 Å². The lowest BCUT2D eigenvalue weighted by Crippen LogP contribution is -2.42. The second-order valence-electron chi connectivity index (χ2n) is 8.34. The van der Waals surface area contributed by atoms with E-state index in [-0.39, 0.29) is 23.5 Å². The molecule has 3 rings (SSSR count). The van der Waals surface area contributed by atoms with Crippen LogP contribution in [-0.4, -0.2) is 67.2 Å². The molecule has 3 heterocycles. The largest absolute Gasteiger partial charge is 0.378 e. The molecule has 0 aliphatic carbocycles. The minimum absolute atomic E-state index is 0.0630. The van der Waals surface area contributed by atoms with Gasteiger partial charge in [-0.05, 0) is 37.0 Å². The lowest BCUT2D eigenvalue weighted by atomic mass is 9.89. The third-order valence-corrected chi connectivity index (χ3v) is 5.56. The normalized spacial score (nSPS) is 27.6. The second kappa shape index (κ2) is 7.30. The molecule has 0 radical (unpaired) electrons. The molecule has 24 heavy (non-hydrogen) atoms. The molecular weight excluding hydrogens is 306 g/mol. The molecule has 0 aromatic carbocycles. The number of rotatable bonds is 5. The number of urea groups is 1. The summed E-state index contributed by atoms with van der Waals surface area (Å²) in [6, 6.07) is 0.0630. The Hall–Kier alpha value is -1.30. The van der Waals surface area contributed by atoms with Gasteiger partial charge in [-0.15, -0.1) is 0 Å². The Morgan fingerprint density at radius 2 is 2.04 bits per heavy atom. The highest BCUT2D eigenvalue weighted by Crippen LogP contribution is 2.33. The van der Waals surface area contributed by atoms with Gasteiger partial charge in [-0.2, -0.15) is 0 Å². The van der Waals surface area contributed by atoms with E-state index in [1.165, 1.54) is 0 Å².